The highest BCUT2D eigenvalue weighted by atomic mass is 32.1. The summed E-state index contributed by atoms with van der Waals surface area (Å²) in [7, 11) is 1.80. The van der Waals surface area contributed by atoms with Crippen LogP contribution in [0.3, 0.4) is 0 Å². The zero-order chi connectivity index (χ0) is 22.0. The summed E-state index contributed by atoms with van der Waals surface area (Å²) in [4.78, 5) is 16.1. The smallest absolute Gasteiger partial charge is 0.309 e. The number of carbonyl (C=O) groups excluding carboxylic acids is 1. The largest absolute Gasteiger partial charge is 0.397 e. The second-order valence-electron chi connectivity index (χ2n) is 8.05. The van der Waals surface area contributed by atoms with E-state index in [0.717, 1.165) is 10.9 Å². The number of carbonyl (C=O) groups is 1. The van der Waals surface area contributed by atoms with E-state index < -0.39 is 35.7 Å². The third-order valence-electron chi connectivity index (χ3n) is 5.73. The van der Waals surface area contributed by atoms with Crippen LogP contribution in [0.5, 0.6) is 0 Å². The van der Waals surface area contributed by atoms with Crippen LogP contribution in [0.15, 0.2) is 36.2 Å². The van der Waals surface area contributed by atoms with Gasteiger partial charge in [-0.15, -0.1) is 0 Å². The zero-order valence-electron chi connectivity index (χ0n) is 16.6. The molecule has 1 aliphatic carbocycles. The van der Waals surface area contributed by atoms with E-state index in [-0.39, 0.29) is 17.2 Å². The number of aryl methyl sites for hydroxylation is 1. The summed E-state index contributed by atoms with van der Waals surface area (Å²) in [6.45, 7) is 3.39. The minimum Gasteiger partial charge on any atom is -0.309 e. The van der Waals surface area contributed by atoms with Gasteiger partial charge in [-0.25, -0.2) is 0 Å². The first-order valence-electron chi connectivity index (χ1n) is 9.36. The number of rotatable bonds is 2. The summed E-state index contributed by atoms with van der Waals surface area (Å²) in [5.74, 6) is -2.30. The molecule has 0 bridgehead atoms. The van der Waals surface area contributed by atoms with E-state index >= 15 is 0 Å². The molecule has 1 aromatic carbocycles. The van der Waals surface area contributed by atoms with Gasteiger partial charge < -0.3 is 10.3 Å². The summed E-state index contributed by atoms with van der Waals surface area (Å²) in [5, 5.41) is 12.9. The number of amides is 1. The van der Waals surface area contributed by atoms with Gasteiger partial charge in [-0.1, -0.05) is 6.08 Å². The number of aromatic nitrogens is 2. The number of allylic oxidation sites excluding steroid dienone is 2. The van der Waals surface area contributed by atoms with Crippen molar-refractivity contribution in [2.24, 2.45) is 13.0 Å². The average molecular weight is 435 g/mol. The van der Waals surface area contributed by atoms with E-state index in [0.29, 0.717) is 5.69 Å². The number of fused-ring (bicyclic) bond motifs is 1. The first kappa shape index (κ1) is 20.5. The maximum atomic E-state index is 13.4. The molecule has 0 spiro atoms. The van der Waals surface area contributed by atoms with Crippen LogP contribution in [0.2, 0.25) is 0 Å². The van der Waals surface area contributed by atoms with Gasteiger partial charge in [0.05, 0.1) is 17.6 Å². The Kier molecular flexibility index (Phi) is 4.53. The molecular formula is C20H20F3N5OS. The van der Waals surface area contributed by atoms with Gasteiger partial charge in [0.2, 0.25) is 0 Å². The molecule has 4 rings (SSSR count). The van der Waals surface area contributed by atoms with Crippen LogP contribution in [0, 0.1) is 11.3 Å². The molecule has 1 amide bonds. The molecule has 1 unspecified atom stereocenters. The first-order chi connectivity index (χ1) is 13.9. The first-order valence-corrected chi connectivity index (χ1v) is 9.77. The summed E-state index contributed by atoms with van der Waals surface area (Å²) < 4.78 is 41.8. The van der Waals surface area contributed by atoms with Gasteiger partial charge in [-0.05, 0) is 44.3 Å². The predicted octanol–water partition coefficient (Wildman–Crippen LogP) is 4.16. The molecule has 2 heterocycles. The lowest BCUT2D eigenvalue weighted by molar-refractivity contribution is -0.157. The van der Waals surface area contributed by atoms with E-state index in [4.69, 9.17) is 17.6 Å². The van der Waals surface area contributed by atoms with Gasteiger partial charge >= 0.3 is 6.18 Å². The lowest BCUT2D eigenvalue weighted by atomic mass is 9.88. The standard InChI is InChI=1S/C20H20F3N5OS/c1-19(2)17(29)27(12-6-7-15(24)14(8-12)20(21,22)23)18(30)28(19)13-5-4-11-10-25-26(3)16(11)9-13/h4-6,9-10,14,24H,7-8H2,1-3H3. The van der Waals surface area contributed by atoms with Crippen molar-refractivity contribution in [3.8, 4) is 0 Å². The van der Waals surface area contributed by atoms with Crippen LogP contribution in [-0.4, -0.2) is 43.1 Å². The molecule has 2 aliphatic rings. The van der Waals surface area contributed by atoms with Gasteiger partial charge in [0, 0.05) is 42.4 Å². The number of nitrogens with zero attached hydrogens (tertiary/aromatic N) is 4. The number of alkyl halides is 3. The summed E-state index contributed by atoms with van der Waals surface area (Å²) >= 11 is 5.58. The van der Waals surface area contributed by atoms with Gasteiger partial charge in [0.25, 0.3) is 5.91 Å². The number of hydrogen-bond acceptors (Lipinski definition) is 4. The normalized spacial score (nSPS) is 22.3. The van der Waals surface area contributed by atoms with Crippen molar-refractivity contribution in [2.45, 2.75) is 38.4 Å². The Morgan fingerprint density at radius 2 is 2.00 bits per heavy atom. The molecule has 6 nitrogen and oxygen atoms in total. The molecule has 1 aliphatic heterocycles. The number of thiocarbonyl (C=S) groups is 1. The van der Waals surface area contributed by atoms with Crippen molar-refractivity contribution in [3.05, 3.63) is 36.2 Å². The van der Waals surface area contributed by atoms with E-state index in [9.17, 15) is 18.0 Å². The number of hydrogen-bond donors (Lipinski definition) is 1. The second kappa shape index (κ2) is 6.63. The minimum absolute atomic E-state index is 0.132. The highest BCUT2D eigenvalue weighted by molar-refractivity contribution is 7.80. The summed E-state index contributed by atoms with van der Waals surface area (Å²) in [6.07, 6.45) is -1.95. The van der Waals surface area contributed by atoms with Crippen molar-refractivity contribution in [3.63, 3.8) is 0 Å². The molecule has 1 N–H and O–H groups in total. The molecule has 1 atom stereocenters. The van der Waals surface area contributed by atoms with Crippen molar-refractivity contribution in [1.29, 1.82) is 5.41 Å². The predicted molar refractivity (Wildman–Crippen MR) is 111 cm³/mol. The highest BCUT2D eigenvalue weighted by Gasteiger charge is 2.53. The Bertz CT molecular complexity index is 1120. The Morgan fingerprint density at radius 1 is 1.30 bits per heavy atom. The Morgan fingerprint density at radius 3 is 2.67 bits per heavy atom. The third-order valence-corrected chi connectivity index (χ3v) is 6.10. The molecule has 0 radical (unpaired) electrons. The van der Waals surface area contributed by atoms with Crippen molar-refractivity contribution >= 4 is 45.5 Å². The lowest BCUT2D eigenvalue weighted by Crippen LogP contribution is -2.44. The average Bonchev–Trinajstić information content (AvgIpc) is 3.10. The Labute approximate surface area is 176 Å². The maximum absolute atomic E-state index is 13.4. The minimum atomic E-state index is -4.54. The van der Waals surface area contributed by atoms with Gasteiger partial charge in [0.1, 0.15) is 5.54 Å². The molecule has 1 aromatic heterocycles. The van der Waals surface area contributed by atoms with E-state index in [1.54, 1.807) is 36.7 Å². The maximum Gasteiger partial charge on any atom is 0.397 e. The molecule has 10 heteroatoms. The van der Waals surface area contributed by atoms with Crippen LogP contribution in [-0.2, 0) is 11.8 Å². The fourth-order valence-electron chi connectivity index (χ4n) is 4.03. The number of halogens is 3. The van der Waals surface area contributed by atoms with Gasteiger partial charge in [-0.2, -0.15) is 18.3 Å². The quantitative estimate of drug-likeness (QED) is 0.720. The Balaban J connectivity index is 1.74. The summed E-state index contributed by atoms with van der Waals surface area (Å²) in [5.41, 5.74) is 0.220. The van der Waals surface area contributed by atoms with Gasteiger partial charge in [-0.3, -0.25) is 14.4 Å². The molecule has 30 heavy (non-hydrogen) atoms. The fraction of sp³-hybridized carbons (Fsp3) is 0.400. The number of anilines is 1. The van der Waals surface area contributed by atoms with E-state index in [1.807, 2.05) is 18.2 Å². The van der Waals surface area contributed by atoms with E-state index in [2.05, 4.69) is 5.10 Å². The molecule has 158 valence electrons. The third kappa shape index (κ3) is 3.01. The molecule has 1 fully saturated rings. The summed E-state index contributed by atoms with van der Waals surface area (Å²) in [6, 6.07) is 5.54. The van der Waals surface area contributed by atoms with Crippen LogP contribution in [0.1, 0.15) is 26.7 Å². The fourth-order valence-corrected chi connectivity index (χ4v) is 4.57. The lowest BCUT2D eigenvalue weighted by Gasteiger charge is -2.30. The van der Waals surface area contributed by atoms with Gasteiger partial charge in [0.15, 0.2) is 5.11 Å². The number of nitrogens with one attached hydrogen (secondary N) is 1. The van der Waals surface area contributed by atoms with Crippen molar-refractivity contribution in [1.82, 2.24) is 14.7 Å². The highest BCUT2D eigenvalue weighted by Crippen LogP contribution is 2.41. The molecule has 0 saturated carbocycles. The molecular weight excluding hydrogens is 415 g/mol. The molecule has 1 saturated heterocycles. The van der Waals surface area contributed by atoms with Crippen LogP contribution in [0.25, 0.3) is 10.9 Å². The topological polar surface area (TPSA) is 65.2 Å². The van der Waals surface area contributed by atoms with Crippen LogP contribution < -0.4 is 4.90 Å². The molecule has 2 aromatic rings. The SMILES string of the molecule is Cn1ncc2ccc(N3C(=S)N(C4=CCC(=N)C(C(F)(F)F)C4)C(=O)C3(C)C)cc21. The Hall–Kier alpha value is -2.75. The second-order valence-corrected chi connectivity index (χ2v) is 8.42. The van der Waals surface area contributed by atoms with Crippen molar-refractivity contribution < 1.29 is 18.0 Å². The van der Waals surface area contributed by atoms with Crippen LogP contribution in [0.4, 0.5) is 18.9 Å². The van der Waals surface area contributed by atoms with Crippen LogP contribution >= 0.6 is 12.2 Å². The number of benzene rings is 1. The zero-order valence-corrected chi connectivity index (χ0v) is 17.4. The van der Waals surface area contributed by atoms with E-state index in [1.165, 1.54) is 11.0 Å². The van der Waals surface area contributed by atoms with Crippen molar-refractivity contribution in [2.75, 3.05) is 4.90 Å². The monoisotopic (exact) mass is 435 g/mol.